The molecule has 0 aliphatic carbocycles. The molecule has 7 nitrogen and oxygen atoms in total. The van der Waals surface area contributed by atoms with Crippen molar-refractivity contribution in [1.29, 1.82) is 0 Å². The largest absolute Gasteiger partial charge is 0.339 e. The van der Waals surface area contributed by atoms with Gasteiger partial charge in [-0.1, -0.05) is 36.4 Å². The zero-order valence-electron chi connectivity index (χ0n) is 17.3. The van der Waals surface area contributed by atoms with Crippen LogP contribution in [0.3, 0.4) is 0 Å². The fourth-order valence-corrected chi connectivity index (χ4v) is 4.41. The van der Waals surface area contributed by atoms with Gasteiger partial charge in [0, 0.05) is 22.8 Å². The number of thiazole rings is 1. The summed E-state index contributed by atoms with van der Waals surface area (Å²) < 4.78 is 1.81. The number of pyridine rings is 1. The molecule has 4 heterocycles. The maximum Gasteiger partial charge on any atom is 0.168 e. The Bertz CT molecular complexity index is 1540. The third kappa shape index (κ3) is 3.72. The van der Waals surface area contributed by atoms with Crippen LogP contribution in [0.5, 0.6) is 0 Å². The molecule has 6 aromatic rings. The Morgan fingerprint density at radius 3 is 2.61 bits per heavy atom. The first-order chi connectivity index (χ1) is 16.3. The van der Waals surface area contributed by atoms with E-state index in [9.17, 15) is 0 Å². The van der Waals surface area contributed by atoms with Crippen LogP contribution in [0.15, 0.2) is 96.9 Å². The van der Waals surface area contributed by atoms with Gasteiger partial charge >= 0.3 is 0 Å². The zero-order valence-corrected chi connectivity index (χ0v) is 18.1. The highest BCUT2D eigenvalue weighted by Gasteiger charge is 2.12. The third-order valence-corrected chi connectivity index (χ3v) is 6.04. The highest BCUT2D eigenvalue weighted by Crippen LogP contribution is 2.30. The number of hydrogen-bond acceptors (Lipinski definition) is 7. The summed E-state index contributed by atoms with van der Waals surface area (Å²) in [5.74, 6) is 0.701. The second-order valence-corrected chi connectivity index (χ2v) is 8.17. The Hall–Kier alpha value is -4.43. The van der Waals surface area contributed by atoms with Gasteiger partial charge in [0.25, 0.3) is 0 Å². The molecule has 0 aliphatic rings. The van der Waals surface area contributed by atoms with Crippen molar-refractivity contribution in [2.75, 3.05) is 5.32 Å². The topological polar surface area (TPSA) is 81.4 Å². The first-order valence-corrected chi connectivity index (χ1v) is 11.2. The smallest absolute Gasteiger partial charge is 0.168 e. The van der Waals surface area contributed by atoms with Crippen LogP contribution in [-0.4, -0.2) is 29.7 Å². The van der Waals surface area contributed by atoms with Gasteiger partial charge in [-0.25, -0.2) is 19.6 Å². The standard InChI is InChI=1S/C25H17N7S/c1-2-9-19(10-3-1)32-24-20(14-29-32)23(27-16-28-24)30-18-8-6-7-17(13-18)22-15-33-25(31-22)21-11-4-5-12-26-21/h1-16H,(H,27,28,30). The van der Waals surface area contributed by atoms with Crippen molar-refractivity contribution in [2.45, 2.75) is 0 Å². The summed E-state index contributed by atoms with van der Waals surface area (Å²) in [6.45, 7) is 0. The molecule has 6 rings (SSSR count). The zero-order chi connectivity index (χ0) is 22.0. The molecule has 1 N–H and O–H groups in total. The first kappa shape index (κ1) is 19.3. The third-order valence-electron chi connectivity index (χ3n) is 5.18. The van der Waals surface area contributed by atoms with E-state index in [1.165, 1.54) is 0 Å². The molecule has 0 saturated heterocycles. The molecular weight excluding hydrogens is 430 g/mol. The van der Waals surface area contributed by atoms with Crippen LogP contribution in [0.2, 0.25) is 0 Å². The summed E-state index contributed by atoms with van der Waals surface area (Å²) in [5.41, 5.74) is 5.41. The predicted octanol–water partition coefficient (Wildman–Crippen LogP) is 5.74. The molecule has 4 aromatic heterocycles. The Morgan fingerprint density at radius 1 is 0.818 bits per heavy atom. The number of fused-ring (bicyclic) bond motifs is 1. The Kier molecular flexibility index (Phi) is 4.82. The van der Waals surface area contributed by atoms with Crippen LogP contribution in [0.1, 0.15) is 0 Å². The van der Waals surface area contributed by atoms with Crippen molar-refractivity contribution in [1.82, 2.24) is 29.7 Å². The number of benzene rings is 2. The van der Waals surface area contributed by atoms with E-state index in [4.69, 9.17) is 4.98 Å². The van der Waals surface area contributed by atoms with Crippen LogP contribution in [-0.2, 0) is 0 Å². The van der Waals surface area contributed by atoms with Crippen molar-refractivity contribution in [3.63, 3.8) is 0 Å². The predicted molar refractivity (Wildman–Crippen MR) is 131 cm³/mol. The number of aromatic nitrogens is 6. The van der Waals surface area contributed by atoms with Crippen LogP contribution >= 0.6 is 11.3 Å². The Labute approximate surface area is 193 Å². The van der Waals surface area contributed by atoms with Crippen molar-refractivity contribution in [2.24, 2.45) is 0 Å². The maximum atomic E-state index is 4.78. The molecule has 2 aromatic carbocycles. The Balaban J connectivity index is 1.31. The van der Waals surface area contributed by atoms with Gasteiger partial charge in [0.2, 0.25) is 0 Å². The van der Waals surface area contributed by atoms with Gasteiger partial charge in [0.15, 0.2) is 5.65 Å². The lowest BCUT2D eigenvalue weighted by molar-refractivity contribution is 0.895. The quantitative estimate of drug-likeness (QED) is 0.363. The van der Waals surface area contributed by atoms with Gasteiger partial charge in [-0.2, -0.15) is 5.10 Å². The molecule has 33 heavy (non-hydrogen) atoms. The van der Waals surface area contributed by atoms with Gasteiger partial charge < -0.3 is 5.32 Å². The average molecular weight is 448 g/mol. The second kappa shape index (κ2) is 8.25. The summed E-state index contributed by atoms with van der Waals surface area (Å²) in [6, 6.07) is 23.9. The molecule has 0 amide bonds. The normalized spacial score (nSPS) is 11.0. The highest BCUT2D eigenvalue weighted by molar-refractivity contribution is 7.13. The van der Waals surface area contributed by atoms with E-state index in [0.717, 1.165) is 44.4 Å². The molecule has 0 bridgehead atoms. The molecular formula is C25H17N7S. The van der Waals surface area contributed by atoms with Crippen molar-refractivity contribution in [3.8, 4) is 27.6 Å². The molecule has 0 saturated carbocycles. The van der Waals surface area contributed by atoms with E-state index in [1.54, 1.807) is 30.1 Å². The summed E-state index contributed by atoms with van der Waals surface area (Å²) in [6.07, 6.45) is 5.12. The summed E-state index contributed by atoms with van der Waals surface area (Å²) in [5, 5.41) is 11.7. The molecule has 0 aliphatic heterocycles. The molecule has 0 fully saturated rings. The van der Waals surface area contributed by atoms with E-state index in [1.807, 2.05) is 71.4 Å². The van der Waals surface area contributed by atoms with Crippen LogP contribution in [0.25, 0.3) is 38.7 Å². The number of para-hydroxylation sites is 1. The number of rotatable bonds is 5. The Morgan fingerprint density at radius 2 is 1.73 bits per heavy atom. The van der Waals surface area contributed by atoms with Gasteiger partial charge in [-0.05, 0) is 36.4 Å². The van der Waals surface area contributed by atoms with Gasteiger partial charge in [0.1, 0.15) is 17.2 Å². The van der Waals surface area contributed by atoms with Crippen LogP contribution in [0.4, 0.5) is 11.5 Å². The summed E-state index contributed by atoms with van der Waals surface area (Å²) >= 11 is 1.58. The highest BCUT2D eigenvalue weighted by atomic mass is 32.1. The SMILES string of the molecule is c1ccc(-n2ncc3c(Nc4cccc(-c5csc(-c6ccccn6)n5)c4)ncnc32)cc1. The van der Waals surface area contributed by atoms with E-state index in [-0.39, 0.29) is 0 Å². The van der Waals surface area contributed by atoms with E-state index in [2.05, 4.69) is 36.8 Å². The minimum absolute atomic E-state index is 0.701. The fourth-order valence-electron chi connectivity index (χ4n) is 3.61. The van der Waals surface area contributed by atoms with E-state index in [0.29, 0.717) is 5.82 Å². The minimum Gasteiger partial charge on any atom is -0.339 e. The first-order valence-electron chi connectivity index (χ1n) is 10.3. The molecule has 0 spiro atoms. The van der Waals surface area contributed by atoms with E-state index >= 15 is 0 Å². The number of nitrogens with zero attached hydrogens (tertiary/aromatic N) is 6. The van der Waals surface area contributed by atoms with Crippen LogP contribution < -0.4 is 5.32 Å². The fraction of sp³-hybridized carbons (Fsp3) is 0. The molecule has 158 valence electrons. The second-order valence-electron chi connectivity index (χ2n) is 7.31. The maximum absolute atomic E-state index is 4.78. The van der Waals surface area contributed by atoms with Crippen molar-refractivity contribution >= 4 is 33.9 Å². The monoisotopic (exact) mass is 447 g/mol. The van der Waals surface area contributed by atoms with Gasteiger partial charge in [-0.3, -0.25) is 4.98 Å². The minimum atomic E-state index is 0.701. The lowest BCUT2D eigenvalue weighted by Gasteiger charge is -2.08. The molecule has 0 atom stereocenters. The number of nitrogens with one attached hydrogen (secondary N) is 1. The average Bonchev–Trinajstić information content (AvgIpc) is 3.54. The molecule has 8 heteroatoms. The van der Waals surface area contributed by atoms with Crippen molar-refractivity contribution in [3.05, 3.63) is 96.9 Å². The lowest BCUT2D eigenvalue weighted by atomic mass is 10.1. The van der Waals surface area contributed by atoms with Crippen molar-refractivity contribution < 1.29 is 0 Å². The summed E-state index contributed by atoms with van der Waals surface area (Å²) in [4.78, 5) is 18.1. The van der Waals surface area contributed by atoms with Crippen LogP contribution in [0, 0.1) is 0 Å². The van der Waals surface area contributed by atoms with Gasteiger partial charge in [0.05, 0.1) is 28.7 Å². The summed E-state index contributed by atoms with van der Waals surface area (Å²) in [7, 11) is 0. The molecule has 0 radical (unpaired) electrons. The number of anilines is 2. The van der Waals surface area contributed by atoms with E-state index < -0.39 is 0 Å². The number of hydrogen-bond donors (Lipinski definition) is 1. The van der Waals surface area contributed by atoms with Gasteiger partial charge in [-0.15, -0.1) is 11.3 Å². The lowest BCUT2D eigenvalue weighted by Crippen LogP contribution is -1.99. The molecule has 0 unspecified atom stereocenters.